The van der Waals surface area contributed by atoms with E-state index in [9.17, 15) is 14.4 Å². The van der Waals surface area contributed by atoms with E-state index in [0.717, 1.165) is 41.2 Å². The minimum atomic E-state index is -0.816. The first-order valence-electron chi connectivity index (χ1n) is 12.7. The minimum absolute atomic E-state index is 0.0359. The zero-order chi connectivity index (χ0) is 27.6. The lowest BCUT2D eigenvalue weighted by molar-refractivity contribution is -0.138. The van der Waals surface area contributed by atoms with Crippen LogP contribution in [0.5, 0.6) is 5.75 Å². The summed E-state index contributed by atoms with van der Waals surface area (Å²) in [5, 5.41) is 0. The highest BCUT2D eigenvalue weighted by Crippen LogP contribution is 2.56. The summed E-state index contributed by atoms with van der Waals surface area (Å²) >= 11 is 8.33. The highest BCUT2D eigenvalue weighted by molar-refractivity contribution is 8.29. The third-order valence-electron chi connectivity index (χ3n) is 7.34. The molecule has 0 atom stereocenters. The van der Waals surface area contributed by atoms with Crippen molar-refractivity contribution in [3.63, 3.8) is 0 Å². The summed E-state index contributed by atoms with van der Waals surface area (Å²) in [4.78, 5) is 41.5. The summed E-state index contributed by atoms with van der Waals surface area (Å²) < 4.78 is 16.0. The topological polar surface area (TPSA) is 82.1 Å². The first-order valence-corrected chi connectivity index (χ1v) is 14.7. The minimum Gasteiger partial charge on any atom is -0.497 e. The summed E-state index contributed by atoms with van der Waals surface area (Å²) in [5.74, 6) is -0.00352. The lowest BCUT2D eigenvalue weighted by Crippen LogP contribution is -2.56. The van der Waals surface area contributed by atoms with Crippen LogP contribution >= 0.6 is 35.7 Å². The van der Waals surface area contributed by atoms with Crippen LogP contribution in [0.15, 0.2) is 32.2 Å². The Hall–Kier alpha value is -2.30. The monoisotopic (exact) mass is 575 g/mol. The van der Waals surface area contributed by atoms with Crippen LogP contribution in [0.1, 0.15) is 64.4 Å². The predicted molar refractivity (Wildman–Crippen MR) is 156 cm³/mol. The number of esters is 2. The Kier molecular flexibility index (Phi) is 8.94. The standard InChI is InChI=1S/C28H33NO6S3/c1-28(2)24(36)21(27-37-22(25(31)34-4)23(38-27)26(32)35-5)18-15-17(33-3)12-13-19(18)29(28)20(30)14-11-16-9-7-6-8-10-16/h12-13,15-16H,6-11,14H2,1-5H3. The van der Waals surface area contributed by atoms with Gasteiger partial charge in [0.1, 0.15) is 15.6 Å². The number of carbonyl (C=O) groups is 3. The van der Waals surface area contributed by atoms with Crippen LogP contribution in [-0.4, -0.2) is 49.6 Å². The largest absolute Gasteiger partial charge is 0.497 e. The molecule has 0 spiro atoms. The number of hydrogen-bond donors (Lipinski definition) is 0. The van der Waals surface area contributed by atoms with Crippen LogP contribution < -0.4 is 9.64 Å². The van der Waals surface area contributed by atoms with Crippen LogP contribution in [0.4, 0.5) is 5.69 Å². The zero-order valence-corrected chi connectivity index (χ0v) is 24.8. The van der Waals surface area contributed by atoms with Gasteiger partial charge in [0.2, 0.25) is 5.91 Å². The van der Waals surface area contributed by atoms with Crippen molar-refractivity contribution in [1.29, 1.82) is 0 Å². The van der Waals surface area contributed by atoms with Gasteiger partial charge in [-0.3, -0.25) is 4.79 Å². The number of carbonyl (C=O) groups excluding carboxylic acids is 3. The van der Waals surface area contributed by atoms with Crippen molar-refractivity contribution in [3.05, 3.63) is 37.8 Å². The Morgan fingerprint density at radius 1 is 1.00 bits per heavy atom. The molecule has 0 aromatic heterocycles. The number of rotatable bonds is 6. The molecule has 0 N–H and O–H groups in total. The van der Waals surface area contributed by atoms with Gasteiger partial charge in [0.25, 0.3) is 0 Å². The second-order valence-corrected chi connectivity index (χ2v) is 12.8. The third kappa shape index (κ3) is 5.40. The number of thiocarbonyl (C=S) groups is 1. The Labute approximate surface area is 237 Å². The molecule has 204 valence electrons. The van der Waals surface area contributed by atoms with Crippen molar-refractivity contribution in [3.8, 4) is 5.75 Å². The average molecular weight is 576 g/mol. The molecule has 1 aromatic rings. The molecule has 0 saturated heterocycles. The maximum Gasteiger partial charge on any atom is 0.346 e. The fraction of sp³-hybridized carbons (Fsp3) is 0.500. The number of anilines is 1. The SMILES string of the molecule is COC(=O)C1=C(C(=O)OC)SC(=C2C(=S)C(C)(C)N(C(=O)CCC3CCCCC3)c3ccc(OC)cc32)S1. The summed E-state index contributed by atoms with van der Waals surface area (Å²) in [7, 11) is 4.12. The number of nitrogens with zero attached hydrogens (tertiary/aromatic N) is 1. The summed E-state index contributed by atoms with van der Waals surface area (Å²) in [6.45, 7) is 3.89. The maximum absolute atomic E-state index is 13.8. The van der Waals surface area contributed by atoms with Gasteiger partial charge in [-0.15, -0.1) is 0 Å². The first-order chi connectivity index (χ1) is 18.1. The molecule has 2 heterocycles. The number of hydrogen-bond acceptors (Lipinski definition) is 9. The molecular weight excluding hydrogens is 543 g/mol. The van der Waals surface area contributed by atoms with Crippen LogP contribution in [0.25, 0.3) is 5.57 Å². The van der Waals surface area contributed by atoms with E-state index in [0.29, 0.717) is 32.8 Å². The first kappa shape index (κ1) is 28.7. The predicted octanol–water partition coefficient (Wildman–Crippen LogP) is 6.26. The van der Waals surface area contributed by atoms with Gasteiger partial charge < -0.3 is 19.1 Å². The molecule has 2 aliphatic heterocycles. The molecule has 7 nitrogen and oxygen atoms in total. The number of benzene rings is 1. The summed E-state index contributed by atoms with van der Waals surface area (Å²) in [6, 6.07) is 5.58. The summed E-state index contributed by atoms with van der Waals surface area (Å²) in [6.07, 6.45) is 7.46. The number of fused-ring (bicyclic) bond motifs is 1. The molecule has 0 bridgehead atoms. The average Bonchev–Trinajstić information content (AvgIpc) is 3.36. The summed E-state index contributed by atoms with van der Waals surface area (Å²) in [5.41, 5.74) is 1.34. The van der Waals surface area contributed by atoms with E-state index in [1.807, 2.05) is 36.9 Å². The molecule has 3 aliphatic rings. The van der Waals surface area contributed by atoms with E-state index < -0.39 is 17.5 Å². The molecule has 38 heavy (non-hydrogen) atoms. The smallest absolute Gasteiger partial charge is 0.346 e. The van der Waals surface area contributed by atoms with Crippen molar-refractivity contribution in [2.75, 3.05) is 26.2 Å². The molecule has 1 saturated carbocycles. The van der Waals surface area contributed by atoms with Crippen LogP contribution in [0.2, 0.25) is 0 Å². The lowest BCUT2D eigenvalue weighted by atomic mass is 9.82. The zero-order valence-electron chi connectivity index (χ0n) is 22.4. The molecule has 0 radical (unpaired) electrons. The van der Waals surface area contributed by atoms with Gasteiger partial charge in [-0.05, 0) is 44.4 Å². The molecular formula is C28H33NO6S3. The van der Waals surface area contributed by atoms with E-state index in [-0.39, 0.29) is 15.7 Å². The van der Waals surface area contributed by atoms with Gasteiger partial charge in [-0.25, -0.2) is 9.59 Å². The van der Waals surface area contributed by atoms with E-state index in [1.165, 1.54) is 46.3 Å². The highest BCUT2D eigenvalue weighted by Gasteiger charge is 2.46. The molecule has 4 rings (SSSR count). The van der Waals surface area contributed by atoms with Gasteiger partial charge in [0.15, 0.2) is 0 Å². The molecule has 1 amide bonds. The maximum atomic E-state index is 13.8. The van der Waals surface area contributed by atoms with Gasteiger partial charge in [-0.2, -0.15) is 0 Å². The Balaban J connectivity index is 1.78. The highest BCUT2D eigenvalue weighted by atomic mass is 32.2. The number of thioether (sulfide) groups is 2. The quantitative estimate of drug-likeness (QED) is 0.222. The van der Waals surface area contributed by atoms with Crippen LogP contribution in [0.3, 0.4) is 0 Å². The van der Waals surface area contributed by atoms with E-state index in [4.69, 9.17) is 26.4 Å². The molecule has 1 aromatic carbocycles. The van der Waals surface area contributed by atoms with Gasteiger partial charge >= 0.3 is 11.9 Å². The van der Waals surface area contributed by atoms with Crippen LogP contribution in [0, 0.1) is 5.92 Å². The normalized spacial score (nSPS) is 19.4. The van der Waals surface area contributed by atoms with Crippen molar-refractivity contribution in [2.24, 2.45) is 5.92 Å². The van der Waals surface area contributed by atoms with Crippen molar-refractivity contribution in [1.82, 2.24) is 0 Å². The number of amides is 1. The molecule has 0 unspecified atom stereocenters. The van der Waals surface area contributed by atoms with Gasteiger partial charge in [0.05, 0.1) is 41.7 Å². The molecule has 1 aliphatic carbocycles. The van der Waals surface area contributed by atoms with Crippen molar-refractivity contribution in [2.45, 2.75) is 64.3 Å². The van der Waals surface area contributed by atoms with E-state index in [2.05, 4.69) is 0 Å². The van der Waals surface area contributed by atoms with E-state index >= 15 is 0 Å². The molecule has 10 heteroatoms. The lowest BCUT2D eigenvalue weighted by Gasteiger charge is -2.45. The molecule has 1 fully saturated rings. The Morgan fingerprint density at radius 3 is 2.16 bits per heavy atom. The second kappa shape index (κ2) is 11.8. The Morgan fingerprint density at radius 2 is 1.61 bits per heavy atom. The fourth-order valence-electron chi connectivity index (χ4n) is 5.29. The Bertz CT molecular complexity index is 1200. The van der Waals surface area contributed by atoms with Crippen molar-refractivity contribution < 1.29 is 28.6 Å². The van der Waals surface area contributed by atoms with Crippen LogP contribution in [-0.2, 0) is 23.9 Å². The fourth-order valence-corrected chi connectivity index (χ4v) is 8.32. The second-order valence-electron chi connectivity index (χ2n) is 10.1. The van der Waals surface area contributed by atoms with E-state index in [1.54, 1.807) is 7.11 Å². The van der Waals surface area contributed by atoms with Crippen molar-refractivity contribution >= 4 is 69.7 Å². The third-order valence-corrected chi connectivity index (χ3v) is 10.6. The van der Waals surface area contributed by atoms with Gasteiger partial charge in [0, 0.05) is 17.6 Å². The number of methoxy groups -OCH3 is 3. The number of ether oxygens (including phenoxy) is 3. The van der Waals surface area contributed by atoms with Gasteiger partial charge in [-0.1, -0.05) is 67.8 Å².